The van der Waals surface area contributed by atoms with Gasteiger partial charge >= 0.3 is 6.18 Å². The monoisotopic (exact) mass is 625 g/mol. The first kappa shape index (κ1) is 31.5. The molecule has 3 aromatic rings. The topological polar surface area (TPSA) is 83.7 Å². The summed E-state index contributed by atoms with van der Waals surface area (Å²) in [5.41, 5.74) is 4.54. The number of likely N-dealkylation sites (tertiary alicyclic amines) is 1. The zero-order chi connectivity index (χ0) is 31.4. The van der Waals surface area contributed by atoms with E-state index in [0.29, 0.717) is 56.5 Å². The van der Waals surface area contributed by atoms with Crippen LogP contribution >= 0.6 is 0 Å². The first-order valence-corrected chi connectivity index (χ1v) is 16.2. The van der Waals surface area contributed by atoms with Crippen LogP contribution in [-0.4, -0.2) is 63.8 Å². The molecule has 4 heterocycles. The van der Waals surface area contributed by atoms with Gasteiger partial charge in [0, 0.05) is 55.8 Å². The third-order valence-corrected chi connectivity index (χ3v) is 9.18. The number of alkyl halides is 3. The Morgan fingerprint density at radius 1 is 1.02 bits per heavy atom. The van der Waals surface area contributed by atoms with Crippen molar-refractivity contribution in [3.63, 3.8) is 0 Å². The summed E-state index contributed by atoms with van der Waals surface area (Å²) in [6, 6.07) is 13.0. The first-order valence-electron chi connectivity index (χ1n) is 16.2. The van der Waals surface area contributed by atoms with Crippen LogP contribution in [0.4, 0.5) is 13.2 Å². The fraction of sp³-hybridized carbons (Fsp3) is 0.559. The third kappa shape index (κ3) is 8.05. The lowest BCUT2D eigenvalue weighted by molar-refractivity contribution is -0.135. The Bertz CT molecular complexity index is 1460. The molecule has 0 radical (unpaired) electrons. The molecule has 1 amide bonds. The number of rotatable bonds is 15. The number of carbonyl (C=O) groups is 1. The first-order chi connectivity index (χ1) is 21.7. The maximum atomic E-state index is 13.3. The van der Waals surface area contributed by atoms with E-state index in [0.717, 1.165) is 78.8 Å². The Hall–Kier alpha value is -3.44. The summed E-state index contributed by atoms with van der Waals surface area (Å²) in [6.07, 6.45) is 2.06. The number of unbranched alkanes of at least 4 members (excludes halogenated alkanes) is 6. The fourth-order valence-corrected chi connectivity index (χ4v) is 6.85. The number of benzene rings is 2. The number of hydrogen-bond donors (Lipinski definition) is 1. The second-order valence-corrected chi connectivity index (χ2v) is 12.8. The van der Waals surface area contributed by atoms with Gasteiger partial charge in [-0.3, -0.25) is 9.69 Å². The Labute approximate surface area is 262 Å². The Balaban J connectivity index is 0.941. The highest BCUT2D eigenvalue weighted by molar-refractivity contribution is 6.00. The van der Waals surface area contributed by atoms with Crippen molar-refractivity contribution in [2.75, 3.05) is 19.7 Å². The summed E-state index contributed by atoms with van der Waals surface area (Å²) in [5, 5.41) is 7.77. The van der Waals surface area contributed by atoms with E-state index in [-0.39, 0.29) is 12.3 Å². The molecule has 0 aliphatic carbocycles. The van der Waals surface area contributed by atoms with Crippen LogP contribution in [0.25, 0.3) is 11.4 Å². The van der Waals surface area contributed by atoms with Gasteiger partial charge in [-0.1, -0.05) is 49.4 Å². The number of piperazine rings is 1. The van der Waals surface area contributed by atoms with Gasteiger partial charge in [-0.25, -0.2) is 0 Å². The Kier molecular flexibility index (Phi) is 9.75. The molecule has 8 nitrogen and oxygen atoms in total. The SMILES string of the molecule is Cc1cc(-c2noc(CN3CC4CC3CN4)n2)cc2c1C(=O)N(Cc1ccc(OCCCCCCCCCC(F)(F)F)cc1)C2. The van der Waals surface area contributed by atoms with Gasteiger partial charge in [0.15, 0.2) is 0 Å². The van der Waals surface area contributed by atoms with Gasteiger partial charge in [0.25, 0.3) is 5.91 Å². The lowest BCUT2D eigenvalue weighted by atomic mass is 10.00. The van der Waals surface area contributed by atoms with E-state index >= 15 is 0 Å². The summed E-state index contributed by atoms with van der Waals surface area (Å²) in [4.78, 5) is 22.3. The summed E-state index contributed by atoms with van der Waals surface area (Å²) >= 11 is 0. The number of amides is 1. The van der Waals surface area contributed by atoms with Crippen LogP contribution in [-0.2, 0) is 19.6 Å². The average molecular weight is 626 g/mol. The van der Waals surface area contributed by atoms with Gasteiger partial charge in [0.05, 0.1) is 13.2 Å². The van der Waals surface area contributed by atoms with Crippen molar-refractivity contribution in [3.05, 3.63) is 64.5 Å². The number of hydrogen-bond acceptors (Lipinski definition) is 7. The molecule has 2 unspecified atom stereocenters. The van der Waals surface area contributed by atoms with E-state index in [1.165, 1.54) is 6.42 Å². The molecule has 6 rings (SSSR count). The molecule has 242 valence electrons. The van der Waals surface area contributed by atoms with E-state index in [2.05, 4.69) is 20.4 Å². The van der Waals surface area contributed by atoms with E-state index in [1.54, 1.807) is 0 Å². The maximum Gasteiger partial charge on any atom is 0.389 e. The minimum atomic E-state index is -4.04. The molecule has 3 aliphatic heterocycles. The molecule has 1 N–H and O–H groups in total. The van der Waals surface area contributed by atoms with E-state index in [9.17, 15) is 18.0 Å². The molecule has 2 atom stereocenters. The number of carbonyl (C=O) groups excluding carboxylic acids is 1. The van der Waals surface area contributed by atoms with Crippen LogP contribution in [0, 0.1) is 6.92 Å². The fourth-order valence-electron chi connectivity index (χ4n) is 6.85. The van der Waals surface area contributed by atoms with Crippen LogP contribution in [0.2, 0.25) is 0 Å². The second kappa shape index (κ2) is 13.9. The molecule has 1 aromatic heterocycles. The summed E-state index contributed by atoms with van der Waals surface area (Å²) in [7, 11) is 0. The molecule has 0 spiro atoms. The molecule has 11 heteroatoms. The Morgan fingerprint density at radius 3 is 2.49 bits per heavy atom. The largest absolute Gasteiger partial charge is 0.494 e. The van der Waals surface area contributed by atoms with Crippen LogP contribution in [0.5, 0.6) is 5.75 Å². The zero-order valence-electron chi connectivity index (χ0n) is 25.9. The number of halogens is 3. The van der Waals surface area contributed by atoms with Gasteiger partial charge in [-0.05, 0) is 67.1 Å². The van der Waals surface area contributed by atoms with Crippen LogP contribution in [0.1, 0.15) is 90.7 Å². The van der Waals surface area contributed by atoms with Crippen LogP contribution < -0.4 is 10.1 Å². The number of nitrogens with zero attached hydrogens (tertiary/aromatic N) is 4. The van der Waals surface area contributed by atoms with E-state index < -0.39 is 12.6 Å². The molecule has 2 bridgehead atoms. The van der Waals surface area contributed by atoms with Crippen LogP contribution in [0.15, 0.2) is 40.9 Å². The van der Waals surface area contributed by atoms with Crippen molar-refractivity contribution in [3.8, 4) is 17.1 Å². The summed E-state index contributed by atoms with van der Waals surface area (Å²) < 4.78 is 48.0. The predicted molar refractivity (Wildman–Crippen MR) is 164 cm³/mol. The van der Waals surface area contributed by atoms with Crippen molar-refractivity contribution >= 4 is 5.91 Å². The molecule has 45 heavy (non-hydrogen) atoms. The molecule has 0 saturated carbocycles. The van der Waals surface area contributed by atoms with Gasteiger partial charge < -0.3 is 19.5 Å². The van der Waals surface area contributed by atoms with Gasteiger partial charge in [0.1, 0.15) is 5.75 Å². The summed E-state index contributed by atoms with van der Waals surface area (Å²) in [5.74, 6) is 1.99. The lowest BCUT2D eigenvalue weighted by Crippen LogP contribution is -2.43. The standard InChI is InChI=1S/C34H42F3N5O3/c1-23-15-25(32-39-30(45-40-32)22-41-21-27-17-28(41)18-38-27)16-26-20-42(33(43)31(23)26)19-24-9-11-29(12-10-24)44-14-8-6-4-2-3-5-7-13-34(35,36)37/h9-12,15-16,27-28,38H,2-8,13-14,17-22H2,1H3. The van der Waals surface area contributed by atoms with Crippen molar-refractivity contribution in [1.82, 2.24) is 25.3 Å². The predicted octanol–water partition coefficient (Wildman–Crippen LogP) is 6.81. The second-order valence-electron chi connectivity index (χ2n) is 12.8. The number of aryl methyl sites for hydroxylation is 1. The zero-order valence-corrected chi connectivity index (χ0v) is 25.9. The molecular formula is C34H42F3N5O3. The molecule has 2 aromatic carbocycles. The van der Waals surface area contributed by atoms with Crippen molar-refractivity contribution < 1.29 is 27.2 Å². The highest BCUT2D eigenvalue weighted by atomic mass is 19.4. The quantitative estimate of drug-likeness (QED) is 0.186. The van der Waals surface area contributed by atoms with Gasteiger partial charge in [-0.2, -0.15) is 18.2 Å². The van der Waals surface area contributed by atoms with E-state index in [1.807, 2.05) is 48.2 Å². The van der Waals surface area contributed by atoms with Crippen LogP contribution in [0.3, 0.4) is 0 Å². The maximum absolute atomic E-state index is 13.3. The number of ether oxygens (including phenoxy) is 1. The number of fused-ring (bicyclic) bond motifs is 3. The Morgan fingerprint density at radius 2 is 1.78 bits per heavy atom. The van der Waals surface area contributed by atoms with E-state index in [4.69, 9.17) is 9.26 Å². The lowest BCUT2D eigenvalue weighted by Gasteiger charge is -2.25. The molecule has 2 fully saturated rings. The minimum Gasteiger partial charge on any atom is -0.494 e. The number of nitrogens with one attached hydrogen (secondary N) is 1. The molecule has 2 saturated heterocycles. The third-order valence-electron chi connectivity index (χ3n) is 9.18. The van der Waals surface area contributed by atoms with Crippen molar-refractivity contribution in [2.24, 2.45) is 0 Å². The highest BCUT2D eigenvalue weighted by Gasteiger charge is 2.38. The van der Waals surface area contributed by atoms with Gasteiger partial charge in [0.2, 0.25) is 11.7 Å². The van der Waals surface area contributed by atoms with Gasteiger partial charge in [-0.15, -0.1) is 0 Å². The highest BCUT2D eigenvalue weighted by Crippen LogP contribution is 2.32. The molecular weight excluding hydrogens is 583 g/mol. The smallest absolute Gasteiger partial charge is 0.389 e. The minimum absolute atomic E-state index is 0.0289. The normalized spacial score (nSPS) is 19.6. The van der Waals surface area contributed by atoms with Crippen molar-refractivity contribution in [2.45, 2.75) is 103 Å². The molecule has 3 aliphatic rings. The number of aromatic nitrogens is 2. The summed E-state index contributed by atoms with van der Waals surface area (Å²) in [6.45, 7) is 6.29. The van der Waals surface area contributed by atoms with Crippen molar-refractivity contribution in [1.29, 1.82) is 0 Å². The average Bonchev–Trinajstić information content (AvgIpc) is 3.80.